The fraction of sp³-hybridized carbons (Fsp3) is 0.444. The molecule has 26 heavy (non-hydrogen) atoms. The molecule has 0 spiro atoms. The minimum atomic E-state index is -0.268. The van der Waals surface area contributed by atoms with E-state index in [1.165, 1.54) is 6.07 Å². The maximum absolute atomic E-state index is 13.8. The molecule has 0 saturated carbocycles. The zero-order valence-corrected chi connectivity index (χ0v) is 15.5. The molecule has 0 bridgehead atoms. The lowest BCUT2D eigenvalue weighted by Crippen LogP contribution is -2.52. The molecule has 1 aromatic heterocycles. The largest absolute Gasteiger partial charge is 0.364 e. The molecule has 1 aliphatic rings. The van der Waals surface area contributed by atoms with Gasteiger partial charge in [-0.25, -0.2) is 4.39 Å². The molecule has 0 aliphatic carbocycles. The molecule has 1 aromatic carbocycles. The summed E-state index contributed by atoms with van der Waals surface area (Å²) < 4.78 is 18.7. The summed E-state index contributed by atoms with van der Waals surface area (Å²) in [5.74, 6) is 0.564. The molecule has 1 fully saturated rings. The number of aliphatic imine (C=N–C) groups is 1. The van der Waals surface area contributed by atoms with Gasteiger partial charge in [-0.2, -0.15) is 0 Å². The number of hydrogen-bond acceptors (Lipinski definition) is 4. The van der Waals surface area contributed by atoms with Crippen LogP contribution in [0.5, 0.6) is 0 Å². The summed E-state index contributed by atoms with van der Waals surface area (Å²) in [6.07, 6.45) is 2.11. The average molecular weight is 380 g/mol. The lowest BCUT2D eigenvalue weighted by atomic mass is 10.1. The Morgan fingerprint density at radius 3 is 2.77 bits per heavy atom. The van der Waals surface area contributed by atoms with Crippen molar-refractivity contribution in [3.63, 3.8) is 0 Å². The van der Waals surface area contributed by atoms with Crippen LogP contribution in [0.15, 0.2) is 40.0 Å². The first-order valence-electron chi connectivity index (χ1n) is 8.67. The third-order valence-corrected chi connectivity index (χ3v) is 4.83. The predicted molar refractivity (Wildman–Crippen MR) is 99.8 cm³/mol. The van der Waals surface area contributed by atoms with E-state index in [9.17, 15) is 4.39 Å². The molecular weight excluding hydrogens is 357 g/mol. The molecule has 0 radical (unpaired) electrons. The Balaban J connectivity index is 1.46. The van der Waals surface area contributed by atoms with Gasteiger partial charge in [0.05, 0.1) is 5.69 Å². The topological polar surface area (TPSA) is 56.9 Å². The van der Waals surface area contributed by atoms with Crippen LogP contribution >= 0.6 is 11.6 Å². The summed E-state index contributed by atoms with van der Waals surface area (Å²) in [7, 11) is 1.76. The van der Waals surface area contributed by atoms with Gasteiger partial charge in [0, 0.05) is 63.0 Å². The Morgan fingerprint density at radius 1 is 1.31 bits per heavy atom. The second-order valence-electron chi connectivity index (χ2n) is 6.18. The van der Waals surface area contributed by atoms with E-state index >= 15 is 0 Å². The Labute approximate surface area is 157 Å². The second-order valence-corrected chi connectivity index (χ2v) is 6.59. The Kier molecular flexibility index (Phi) is 6.46. The quantitative estimate of drug-likeness (QED) is 0.638. The molecule has 2 heterocycles. The number of halogens is 2. The third-order valence-electron chi connectivity index (χ3n) is 4.48. The molecule has 2 aromatic rings. The van der Waals surface area contributed by atoms with Crippen molar-refractivity contribution in [1.82, 2.24) is 20.3 Å². The second kappa shape index (κ2) is 9.00. The van der Waals surface area contributed by atoms with E-state index in [4.69, 9.17) is 16.1 Å². The first-order chi connectivity index (χ1) is 12.7. The molecule has 1 N–H and O–H groups in total. The molecule has 0 unspecified atom stereocenters. The van der Waals surface area contributed by atoms with Crippen LogP contribution in [-0.4, -0.2) is 60.7 Å². The summed E-state index contributed by atoms with van der Waals surface area (Å²) in [5.41, 5.74) is 1.48. The van der Waals surface area contributed by atoms with E-state index in [0.29, 0.717) is 23.6 Å². The van der Waals surface area contributed by atoms with E-state index in [1.54, 1.807) is 25.4 Å². The number of nitrogens with zero attached hydrogens (tertiary/aromatic N) is 4. The maximum atomic E-state index is 13.8. The molecule has 0 atom stereocenters. The fourth-order valence-corrected chi connectivity index (χ4v) is 3.33. The van der Waals surface area contributed by atoms with Crippen molar-refractivity contribution in [1.29, 1.82) is 0 Å². The SMILES string of the molecule is CN=C(NCCc1c(F)cccc1Cl)N1CCN(Cc2ccon2)CC1. The van der Waals surface area contributed by atoms with Crippen LogP contribution in [-0.2, 0) is 13.0 Å². The summed E-state index contributed by atoms with van der Waals surface area (Å²) in [6, 6.07) is 6.65. The van der Waals surface area contributed by atoms with Crippen molar-refractivity contribution < 1.29 is 8.91 Å². The van der Waals surface area contributed by atoms with E-state index < -0.39 is 0 Å². The van der Waals surface area contributed by atoms with Gasteiger partial charge in [-0.15, -0.1) is 0 Å². The number of rotatable bonds is 5. The first kappa shape index (κ1) is 18.7. The standard InChI is InChI=1S/C18H23ClFN5O/c1-21-18(22-7-5-15-16(19)3-2-4-17(15)20)25-10-8-24(9-11-25)13-14-6-12-26-23-14/h2-4,6,12H,5,7-11,13H2,1H3,(H,21,22). The van der Waals surface area contributed by atoms with Gasteiger partial charge >= 0.3 is 0 Å². The highest BCUT2D eigenvalue weighted by Crippen LogP contribution is 2.19. The van der Waals surface area contributed by atoms with Crippen molar-refractivity contribution in [2.75, 3.05) is 39.8 Å². The van der Waals surface area contributed by atoms with Gasteiger partial charge in [0.15, 0.2) is 5.96 Å². The number of benzene rings is 1. The van der Waals surface area contributed by atoms with E-state index in [2.05, 4.69) is 25.3 Å². The summed E-state index contributed by atoms with van der Waals surface area (Å²) in [5, 5.41) is 7.72. The fourth-order valence-electron chi connectivity index (χ4n) is 3.07. The summed E-state index contributed by atoms with van der Waals surface area (Å²) in [4.78, 5) is 8.89. The molecule has 140 valence electrons. The smallest absolute Gasteiger partial charge is 0.193 e. The highest BCUT2D eigenvalue weighted by molar-refractivity contribution is 6.31. The number of nitrogens with one attached hydrogen (secondary N) is 1. The maximum Gasteiger partial charge on any atom is 0.193 e. The molecule has 8 heteroatoms. The lowest BCUT2D eigenvalue weighted by Gasteiger charge is -2.36. The van der Waals surface area contributed by atoms with Crippen molar-refractivity contribution in [3.8, 4) is 0 Å². The first-order valence-corrected chi connectivity index (χ1v) is 9.05. The Bertz CT molecular complexity index is 709. The van der Waals surface area contributed by atoms with Crippen LogP contribution in [0, 0.1) is 5.82 Å². The Hall–Kier alpha value is -2.12. The monoisotopic (exact) mass is 379 g/mol. The normalized spacial score (nSPS) is 16.1. The third kappa shape index (κ3) is 4.74. The van der Waals surface area contributed by atoms with Crippen LogP contribution in [0.25, 0.3) is 0 Å². The van der Waals surface area contributed by atoms with Gasteiger partial charge in [0.2, 0.25) is 0 Å². The van der Waals surface area contributed by atoms with Gasteiger partial charge in [-0.05, 0) is 18.6 Å². The van der Waals surface area contributed by atoms with E-state index in [1.807, 2.05) is 6.07 Å². The van der Waals surface area contributed by atoms with Crippen molar-refractivity contribution in [3.05, 3.63) is 52.6 Å². The van der Waals surface area contributed by atoms with Gasteiger partial charge in [-0.1, -0.05) is 22.8 Å². The minimum Gasteiger partial charge on any atom is -0.364 e. The van der Waals surface area contributed by atoms with E-state index in [-0.39, 0.29) is 5.82 Å². The Morgan fingerprint density at radius 2 is 2.12 bits per heavy atom. The molecule has 3 rings (SSSR count). The average Bonchev–Trinajstić information content (AvgIpc) is 3.15. The van der Waals surface area contributed by atoms with Crippen molar-refractivity contribution in [2.45, 2.75) is 13.0 Å². The molecule has 1 saturated heterocycles. The number of guanidine groups is 1. The van der Waals surface area contributed by atoms with Gasteiger partial charge in [0.25, 0.3) is 0 Å². The summed E-state index contributed by atoms with van der Waals surface area (Å²) in [6.45, 7) is 4.96. The van der Waals surface area contributed by atoms with Gasteiger partial charge in [0.1, 0.15) is 12.1 Å². The molecular formula is C18H23ClFN5O. The highest BCUT2D eigenvalue weighted by Gasteiger charge is 2.20. The predicted octanol–water partition coefficient (Wildman–Crippen LogP) is 2.40. The van der Waals surface area contributed by atoms with Crippen LogP contribution in [0.4, 0.5) is 4.39 Å². The number of hydrogen-bond donors (Lipinski definition) is 1. The van der Waals surface area contributed by atoms with Gasteiger partial charge in [-0.3, -0.25) is 9.89 Å². The van der Waals surface area contributed by atoms with E-state index in [0.717, 1.165) is 44.4 Å². The summed E-state index contributed by atoms with van der Waals surface area (Å²) >= 11 is 6.08. The van der Waals surface area contributed by atoms with Gasteiger partial charge < -0.3 is 14.7 Å². The zero-order valence-electron chi connectivity index (χ0n) is 14.8. The molecule has 0 amide bonds. The van der Waals surface area contributed by atoms with Crippen molar-refractivity contribution >= 4 is 17.6 Å². The number of aromatic nitrogens is 1. The van der Waals surface area contributed by atoms with Crippen molar-refractivity contribution in [2.24, 2.45) is 4.99 Å². The van der Waals surface area contributed by atoms with Crippen LogP contribution in [0.1, 0.15) is 11.3 Å². The zero-order chi connectivity index (χ0) is 18.4. The van der Waals surface area contributed by atoms with Crippen LogP contribution in [0.2, 0.25) is 5.02 Å². The minimum absolute atomic E-state index is 0.268. The number of piperazine rings is 1. The lowest BCUT2D eigenvalue weighted by molar-refractivity contribution is 0.169. The van der Waals surface area contributed by atoms with Crippen LogP contribution in [0.3, 0.4) is 0 Å². The molecule has 6 nitrogen and oxygen atoms in total. The van der Waals surface area contributed by atoms with Crippen LogP contribution < -0.4 is 5.32 Å². The highest BCUT2D eigenvalue weighted by atomic mass is 35.5. The molecule has 1 aliphatic heterocycles.